The molecular weight excluding hydrogens is 356 g/mol. The minimum Gasteiger partial charge on any atom is -0.389 e. The van der Waals surface area contributed by atoms with Crippen molar-refractivity contribution in [2.75, 3.05) is 12.0 Å². The Kier molecular flexibility index (Phi) is 5.73. The highest BCUT2D eigenvalue weighted by Gasteiger charge is 2.22. The lowest BCUT2D eigenvalue weighted by atomic mass is 10.2. The molecule has 21 heavy (non-hydrogen) atoms. The lowest BCUT2D eigenvalue weighted by Gasteiger charge is -2.14. The summed E-state index contributed by atoms with van der Waals surface area (Å²) in [4.78, 5) is -0.0660. The number of hydrogen-bond acceptors (Lipinski definition) is 5. The van der Waals surface area contributed by atoms with E-state index in [1.165, 1.54) is 25.1 Å². The van der Waals surface area contributed by atoms with E-state index in [0.717, 1.165) is 6.26 Å². The van der Waals surface area contributed by atoms with Gasteiger partial charge in [-0.3, -0.25) is 0 Å². The summed E-state index contributed by atoms with van der Waals surface area (Å²) >= 11 is 10.7. The van der Waals surface area contributed by atoms with Gasteiger partial charge in [-0.05, 0) is 19.1 Å². The zero-order valence-electron chi connectivity index (χ0n) is 11.3. The van der Waals surface area contributed by atoms with Crippen molar-refractivity contribution in [3.05, 3.63) is 28.8 Å². The number of hydrogen-bond donors (Lipinski definition) is 2. The Morgan fingerprint density at radius 1 is 1.38 bits per heavy atom. The molecule has 0 saturated carbocycles. The molecule has 3 N–H and O–H groups in total. The van der Waals surface area contributed by atoms with Crippen LogP contribution in [0.2, 0.25) is 5.02 Å². The molecule has 1 rings (SSSR count). The van der Waals surface area contributed by atoms with Crippen molar-refractivity contribution in [2.24, 2.45) is 5.73 Å². The van der Waals surface area contributed by atoms with E-state index in [4.69, 9.17) is 29.6 Å². The minimum atomic E-state index is -3.94. The van der Waals surface area contributed by atoms with E-state index >= 15 is 0 Å². The van der Waals surface area contributed by atoms with Gasteiger partial charge in [0.2, 0.25) is 10.0 Å². The summed E-state index contributed by atoms with van der Waals surface area (Å²) in [6.45, 7) is 1.45. The second kappa shape index (κ2) is 6.57. The Morgan fingerprint density at radius 3 is 2.38 bits per heavy atom. The normalized spacial score (nSPS) is 13.9. The van der Waals surface area contributed by atoms with Crippen LogP contribution in [-0.2, 0) is 19.9 Å². The second-order valence-corrected chi connectivity index (χ2v) is 9.34. The van der Waals surface area contributed by atoms with Gasteiger partial charge in [0, 0.05) is 17.9 Å². The van der Waals surface area contributed by atoms with Gasteiger partial charge in [-0.1, -0.05) is 29.9 Å². The summed E-state index contributed by atoms with van der Waals surface area (Å²) in [6, 6.07) is 3.27. The van der Waals surface area contributed by atoms with Crippen molar-refractivity contribution in [2.45, 2.75) is 17.9 Å². The monoisotopic (exact) mass is 370 g/mol. The molecule has 0 radical (unpaired) electrons. The maximum Gasteiger partial charge on any atom is 0.242 e. The predicted molar refractivity (Wildman–Crippen MR) is 86.8 cm³/mol. The lowest BCUT2D eigenvalue weighted by molar-refractivity contribution is 0.564. The number of benzene rings is 1. The van der Waals surface area contributed by atoms with Crippen molar-refractivity contribution >= 4 is 48.7 Å². The number of rotatable bonds is 6. The van der Waals surface area contributed by atoms with Crippen LogP contribution in [-0.4, -0.2) is 39.9 Å². The van der Waals surface area contributed by atoms with E-state index in [1.54, 1.807) is 0 Å². The molecule has 0 fully saturated rings. The first kappa shape index (κ1) is 18.3. The zero-order valence-corrected chi connectivity index (χ0v) is 14.5. The molecule has 0 spiro atoms. The molecule has 1 aromatic rings. The van der Waals surface area contributed by atoms with Gasteiger partial charge in [0.05, 0.1) is 10.8 Å². The number of nitrogens with two attached hydrogens (primary N) is 1. The Labute approximate surface area is 134 Å². The Morgan fingerprint density at radius 2 is 1.95 bits per heavy atom. The van der Waals surface area contributed by atoms with Crippen LogP contribution in [0.25, 0.3) is 0 Å². The van der Waals surface area contributed by atoms with Crippen molar-refractivity contribution in [3.8, 4) is 0 Å². The fourth-order valence-corrected chi connectivity index (χ4v) is 4.70. The Hall–Kier alpha value is -0.740. The fourth-order valence-electron chi connectivity index (χ4n) is 1.69. The number of nitrogens with one attached hydrogen (secondary N) is 1. The number of sulfone groups is 1. The van der Waals surface area contributed by atoms with Crippen LogP contribution in [0, 0.1) is 0 Å². The highest BCUT2D eigenvalue weighted by atomic mass is 35.5. The maximum atomic E-state index is 12.2. The first-order chi connectivity index (χ1) is 9.42. The lowest BCUT2D eigenvalue weighted by Crippen LogP contribution is -2.37. The average Bonchev–Trinajstić information content (AvgIpc) is 2.24. The van der Waals surface area contributed by atoms with E-state index in [1.807, 2.05) is 0 Å². The molecule has 0 aliphatic heterocycles. The number of thiocarbonyl (C=S) groups is 1. The molecule has 1 atom stereocenters. The molecule has 0 aliphatic rings. The van der Waals surface area contributed by atoms with Crippen molar-refractivity contribution in [3.63, 3.8) is 0 Å². The van der Waals surface area contributed by atoms with E-state index in [2.05, 4.69) is 4.72 Å². The van der Waals surface area contributed by atoms with Crippen LogP contribution in [0.5, 0.6) is 0 Å². The van der Waals surface area contributed by atoms with Crippen LogP contribution in [0.15, 0.2) is 23.1 Å². The summed E-state index contributed by atoms with van der Waals surface area (Å²) < 4.78 is 48.9. The van der Waals surface area contributed by atoms with E-state index in [-0.39, 0.29) is 20.7 Å². The van der Waals surface area contributed by atoms with Crippen LogP contribution in [0.3, 0.4) is 0 Å². The first-order valence-corrected chi connectivity index (χ1v) is 10.0. The molecule has 0 aromatic heterocycles. The standard InChI is InChI=1S/C11H15ClN2O4S3/c1-7(6-20(2,15)16)14-21(17,18)10-4-3-8(11(13)19)5-9(10)12/h3-5,7,14H,6H2,1-2H3,(H2,13,19). The maximum absolute atomic E-state index is 12.2. The third-order valence-corrected chi connectivity index (χ3v) is 5.83. The van der Waals surface area contributed by atoms with Crippen LogP contribution in [0.1, 0.15) is 12.5 Å². The average molecular weight is 371 g/mol. The molecule has 118 valence electrons. The molecule has 0 bridgehead atoms. The summed E-state index contributed by atoms with van der Waals surface area (Å²) in [6.07, 6.45) is 1.03. The zero-order chi connectivity index (χ0) is 16.4. The smallest absolute Gasteiger partial charge is 0.242 e. The van der Waals surface area contributed by atoms with Gasteiger partial charge in [-0.2, -0.15) is 0 Å². The number of halogens is 1. The van der Waals surface area contributed by atoms with Gasteiger partial charge in [0.15, 0.2) is 0 Å². The van der Waals surface area contributed by atoms with Crippen LogP contribution < -0.4 is 10.5 Å². The van der Waals surface area contributed by atoms with Crippen molar-refractivity contribution in [1.29, 1.82) is 0 Å². The summed E-state index contributed by atoms with van der Waals surface area (Å²) in [5.74, 6) is -0.311. The number of sulfonamides is 1. The van der Waals surface area contributed by atoms with Gasteiger partial charge in [-0.15, -0.1) is 0 Å². The van der Waals surface area contributed by atoms with Gasteiger partial charge in [0.25, 0.3) is 0 Å². The highest BCUT2D eigenvalue weighted by molar-refractivity contribution is 7.91. The van der Waals surface area contributed by atoms with Gasteiger partial charge in [-0.25, -0.2) is 21.6 Å². The molecule has 6 nitrogen and oxygen atoms in total. The first-order valence-electron chi connectivity index (χ1n) is 5.72. The third-order valence-electron chi connectivity index (χ3n) is 2.41. The topological polar surface area (TPSA) is 106 Å². The molecule has 0 aliphatic carbocycles. The van der Waals surface area contributed by atoms with Gasteiger partial charge < -0.3 is 5.73 Å². The summed E-state index contributed by atoms with van der Waals surface area (Å²) in [5.41, 5.74) is 5.88. The van der Waals surface area contributed by atoms with E-state index in [0.29, 0.717) is 5.56 Å². The second-order valence-electron chi connectivity index (χ2n) is 4.62. The molecule has 0 saturated heterocycles. The van der Waals surface area contributed by atoms with Crippen LogP contribution in [0.4, 0.5) is 0 Å². The summed E-state index contributed by atoms with van der Waals surface area (Å²) in [7, 11) is -7.24. The van der Waals surface area contributed by atoms with Crippen molar-refractivity contribution in [1.82, 2.24) is 4.72 Å². The molecule has 1 aromatic carbocycles. The molecule has 1 unspecified atom stereocenters. The van der Waals surface area contributed by atoms with Crippen LogP contribution >= 0.6 is 23.8 Å². The quantitative estimate of drug-likeness (QED) is 0.713. The largest absolute Gasteiger partial charge is 0.389 e. The molecular formula is C11H15ClN2O4S3. The highest BCUT2D eigenvalue weighted by Crippen LogP contribution is 2.23. The predicted octanol–water partition coefficient (Wildman–Crippen LogP) is 0.686. The Bertz CT molecular complexity index is 760. The van der Waals surface area contributed by atoms with E-state index < -0.39 is 25.9 Å². The molecule has 0 amide bonds. The molecule has 0 heterocycles. The summed E-state index contributed by atoms with van der Waals surface area (Å²) in [5, 5.41) is -0.0423. The minimum absolute atomic E-state index is 0.0423. The molecule has 10 heteroatoms. The van der Waals surface area contributed by atoms with E-state index in [9.17, 15) is 16.8 Å². The third kappa shape index (κ3) is 5.51. The van der Waals surface area contributed by atoms with Gasteiger partial charge in [0.1, 0.15) is 19.7 Å². The Balaban J connectivity index is 3.06. The van der Waals surface area contributed by atoms with Crippen molar-refractivity contribution < 1.29 is 16.8 Å². The van der Waals surface area contributed by atoms with Gasteiger partial charge >= 0.3 is 0 Å². The SMILES string of the molecule is CC(CS(C)(=O)=O)NS(=O)(=O)c1ccc(C(N)=S)cc1Cl. The fraction of sp³-hybridized carbons (Fsp3) is 0.364.